The number of nitrogens with one attached hydrogen (secondary N) is 2. The van der Waals surface area contributed by atoms with Gasteiger partial charge in [-0.15, -0.1) is 6.58 Å². The summed E-state index contributed by atoms with van der Waals surface area (Å²) in [5.41, 5.74) is -0.748. The molecule has 2 aliphatic heterocycles. The van der Waals surface area contributed by atoms with E-state index in [0.717, 1.165) is 32.1 Å². The summed E-state index contributed by atoms with van der Waals surface area (Å²) in [6.45, 7) is 6.86. The molecule has 10 heteroatoms. The number of aromatic amines is 1. The lowest BCUT2D eigenvalue weighted by molar-refractivity contribution is -0.136. The minimum atomic E-state index is -4.51. The van der Waals surface area contributed by atoms with Crippen LogP contribution in [0, 0.1) is 0 Å². The van der Waals surface area contributed by atoms with Gasteiger partial charge in [-0.1, -0.05) is 12.1 Å². The summed E-state index contributed by atoms with van der Waals surface area (Å²) in [5.74, 6) is -0.124. The van der Waals surface area contributed by atoms with Crippen molar-refractivity contribution in [3.63, 3.8) is 0 Å². The summed E-state index contributed by atoms with van der Waals surface area (Å²) >= 11 is 0. The lowest BCUT2D eigenvalue weighted by Crippen LogP contribution is -2.45. The Labute approximate surface area is 184 Å². The van der Waals surface area contributed by atoms with Crippen LogP contribution in [-0.2, 0) is 26.9 Å². The molecule has 0 saturated carbocycles. The Morgan fingerprint density at radius 1 is 1.34 bits per heavy atom. The van der Waals surface area contributed by atoms with Crippen LogP contribution in [0.2, 0.25) is 0 Å². The third-order valence-electron chi connectivity index (χ3n) is 5.97. The number of carbonyl (C=O) groups is 1. The smallest absolute Gasteiger partial charge is 0.381 e. The van der Waals surface area contributed by atoms with E-state index < -0.39 is 11.7 Å². The highest BCUT2D eigenvalue weighted by atomic mass is 19.4. The molecule has 0 bridgehead atoms. The van der Waals surface area contributed by atoms with Crippen molar-refractivity contribution in [3.05, 3.63) is 42.2 Å². The summed E-state index contributed by atoms with van der Waals surface area (Å²) in [4.78, 5) is 21.9. The minimum absolute atomic E-state index is 0.145. The molecule has 0 aliphatic carbocycles. The second-order valence-corrected chi connectivity index (χ2v) is 8.19. The zero-order valence-corrected chi connectivity index (χ0v) is 17.7. The Kier molecular flexibility index (Phi) is 6.82. The van der Waals surface area contributed by atoms with Gasteiger partial charge in [-0.05, 0) is 25.0 Å². The number of para-hydroxylation sites is 1. The molecular formula is C22H27F3N4O3. The lowest BCUT2D eigenvalue weighted by atomic mass is 10.1. The van der Waals surface area contributed by atoms with Crippen molar-refractivity contribution in [1.82, 2.24) is 20.2 Å². The molecule has 32 heavy (non-hydrogen) atoms. The van der Waals surface area contributed by atoms with Crippen molar-refractivity contribution in [2.45, 2.75) is 43.6 Å². The molecule has 1 aromatic heterocycles. The maximum Gasteiger partial charge on any atom is 0.418 e. The van der Waals surface area contributed by atoms with Gasteiger partial charge in [-0.3, -0.25) is 9.69 Å². The highest BCUT2D eigenvalue weighted by Gasteiger charge is 2.38. The van der Waals surface area contributed by atoms with E-state index in [1.54, 1.807) is 6.08 Å². The number of imidazole rings is 1. The first-order valence-corrected chi connectivity index (χ1v) is 10.7. The number of halogens is 3. The third kappa shape index (κ3) is 5.13. The number of rotatable bonds is 7. The predicted molar refractivity (Wildman–Crippen MR) is 112 cm³/mol. The topological polar surface area (TPSA) is 79.5 Å². The van der Waals surface area contributed by atoms with Gasteiger partial charge in [0.2, 0.25) is 5.91 Å². The van der Waals surface area contributed by atoms with Crippen molar-refractivity contribution >= 4 is 16.9 Å². The van der Waals surface area contributed by atoms with Gasteiger partial charge in [0, 0.05) is 32.3 Å². The standard InChI is InChI=1S/C22H27F3N4O3/c1-2-8-32-18-13-29(14-6-9-31-10-7-14)12-17(18)27-20(30)11-19-26-16-5-3-4-15(21(16)28-19)22(23,24)25/h2-5,14,17-18H,1,6-13H2,(H,26,28)(H,27,30)/t17?,18-/m0/s1. The van der Waals surface area contributed by atoms with Gasteiger partial charge >= 0.3 is 6.18 Å². The summed E-state index contributed by atoms with van der Waals surface area (Å²) in [6.07, 6.45) is -1.30. The van der Waals surface area contributed by atoms with E-state index in [-0.39, 0.29) is 41.3 Å². The molecule has 0 spiro atoms. The quantitative estimate of drug-likeness (QED) is 0.632. The number of hydrogen-bond acceptors (Lipinski definition) is 5. The molecule has 1 aromatic carbocycles. The van der Waals surface area contributed by atoms with Crippen LogP contribution in [0.4, 0.5) is 13.2 Å². The number of aromatic nitrogens is 2. The predicted octanol–water partition coefficient (Wildman–Crippen LogP) is 2.67. The molecule has 2 saturated heterocycles. The van der Waals surface area contributed by atoms with Crippen LogP contribution in [0.5, 0.6) is 0 Å². The first kappa shape index (κ1) is 22.8. The largest absolute Gasteiger partial charge is 0.418 e. The SMILES string of the molecule is C=CCO[C@H]1CN(C2CCOCC2)CC1NC(=O)Cc1nc2c(C(F)(F)F)cccc2[nH]1. The fourth-order valence-electron chi connectivity index (χ4n) is 4.46. The van der Waals surface area contributed by atoms with Gasteiger partial charge in [0.25, 0.3) is 0 Å². The van der Waals surface area contributed by atoms with E-state index >= 15 is 0 Å². The van der Waals surface area contributed by atoms with E-state index in [9.17, 15) is 18.0 Å². The fraction of sp³-hybridized carbons (Fsp3) is 0.545. The minimum Gasteiger partial charge on any atom is -0.381 e. The monoisotopic (exact) mass is 452 g/mol. The molecule has 4 rings (SSSR count). The van der Waals surface area contributed by atoms with E-state index in [1.165, 1.54) is 12.1 Å². The normalized spacial score (nSPS) is 23.0. The maximum atomic E-state index is 13.2. The number of likely N-dealkylation sites (tertiary alicyclic amines) is 1. The van der Waals surface area contributed by atoms with Gasteiger partial charge in [-0.25, -0.2) is 4.98 Å². The molecule has 1 unspecified atom stereocenters. The van der Waals surface area contributed by atoms with Gasteiger partial charge in [-0.2, -0.15) is 13.2 Å². The summed E-state index contributed by atoms with van der Waals surface area (Å²) in [7, 11) is 0. The molecule has 1 amide bonds. The molecule has 0 radical (unpaired) electrons. The number of H-pyrrole nitrogens is 1. The Balaban J connectivity index is 1.43. The molecule has 2 fully saturated rings. The second-order valence-electron chi connectivity index (χ2n) is 8.19. The Hall–Kier alpha value is -2.43. The number of alkyl halides is 3. The molecule has 174 valence electrons. The number of amides is 1. The van der Waals surface area contributed by atoms with Gasteiger partial charge in [0.1, 0.15) is 11.3 Å². The van der Waals surface area contributed by atoms with Gasteiger partial charge in [0.15, 0.2) is 0 Å². The molecule has 2 aliphatic rings. The Bertz CT molecular complexity index is 956. The number of nitrogens with zero attached hydrogens (tertiary/aromatic N) is 2. The van der Waals surface area contributed by atoms with Crippen LogP contribution in [-0.4, -0.2) is 71.9 Å². The highest BCUT2D eigenvalue weighted by molar-refractivity contribution is 5.82. The molecular weight excluding hydrogens is 425 g/mol. The molecule has 2 atom stereocenters. The van der Waals surface area contributed by atoms with E-state index in [4.69, 9.17) is 9.47 Å². The summed E-state index contributed by atoms with van der Waals surface area (Å²) in [5, 5.41) is 2.99. The van der Waals surface area contributed by atoms with Crippen molar-refractivity contribution in [2.75, 3.05) is 32.9 Å². The number of benzene rings is 1. The van der Waals surface area contributed by atoms with Crippen LogP contribution in [0.1, 0.15) is 24.2 Å². The van der Waals surface area contributed by atoms with Crippen molar-refractivity contribution in [2.24, 2.45) is 0 Å². The zero-order chi connectivity index (χ0) is 22.7. The van der Waals surface area contributed by atoms with Crippen LogP contribution < -0.4 is 5.32 Å². The van der Waals surface area contributed by atoms with Crippen LogP contribution in [0.3, 0.4) is 0 Å². The van der Waals surface area contributed by atoms with Gasteiger partial charge in [0.05, 0.1) is 36.3 Å². The van der Waals surface area contributed by atoms with E-state index in [2.05, 4.69) is 26.8 Å². The van der Waals surface area contributed by atoms with Crippen molar-refractivity contribution in [1.29, 1.82) is 0 Å². The Morgan fingerprint density at radius 3 is 2.84 bits per heavy atom. The Morgan fingerprint density at radius 2 is 2.12 bits per heavy atom. The fourth-order valence-corrected chi connectivity index (χ4v) is 4.46. The summed E-state index contributed by atoms with van der Waals surface area (Å²) < 4.78 is 51.0. The molecule has 2 N–H and O–H groups in total. The molecule has 7 nitrogen and oxygen atoms in total. The first-order valence-electron chi connectivity index (χ1n) is 10.7. The number of hydrogen-bond donors (Lipinski definition) is 2. The number of carbonyl (C=O) groups excluding carboxylic acids is 1. The highest BCUT2D eigenvalue weighted by Crippen LogP contribution is 2.33. The van der Waals surface area contributed by atoms with E-state index in [1.807, 2.05) is 0 Å². The summed E-state index contributed by atoms with van der Waals surface area (Å²) in [6, 6.07) is 3.98. The van der Waals surface area contributed by atoms with Gasteiger partial charge < -0.3 is 19.8 Å². The lowest BCUT2D eigenvalue weighted by Gasteiger charge is -2.30. The first-order chi connectivity index (χ1) is 15.3. The van der Waals surface area contributed by atoms with Crippen LogP contribution in [0.15, 0.2) is 30.9 Å². The second kappa shape index (κ2) is 9.60. The van der Waals surface area contributed by atoms with Crippen molar-refractivity contribution < 1.29 is 27.4 Å². The van der Waals surface area contributed by atoms with Crippen molar-refractivity contribution in [3.8, 4) is 0 Å². The average Bonchev–Trinajstić information content (AvgIpc) is 3.35. The van der Waals surface area contributed by atoms with E-state index in [0.29, 0.717) is 25.7 Å². The number of ether oxygens (including phenoxy) is 2. The molecule has 3 heterocycles. The van der Waals surface area contributed by atoms with Crippen LogP contribution in [0.25, 0.3) is 11.0 Å². The molecule has 2 aromatic rings. The van der Waals surface area contributed by atoms with Crippen LogP contribution >= 0.6 is 0 Å². The average molecular weight is 452 g/mol. The number of fused-ring (bicyclic) bond motifs is 1. The zero-order valence-electron chi connectivity index (χ0n) is 17.7. The third-order valence-corrected chi connectivity index (χ3v) is 5.97. The maximum absolute atomic E-state index is 13.2.